The Labute approximate surface area is 191 Å². The van der Waals surface area contributed by atoms with Crippen molar-refractivity contribution >= 4 is 11.9 Å². The van der Waals surface area contributed by atoms with E-state index in [1.54, 1.807) is 7.11 Å². The highest BCUT2D eigenvalue weighted by molar-refractivity contribution is 6.05. The van der Waals surface area contributed by atoms with Gasteiger partial charge in [-0.1, -0.05) is 75.3 Å². The van der Waals surface area contributed by atoms with Gasteiger partial charge in [0.05, 0.1) is 27.4 Å². The second kappa shape index (κ2) is 13.0. The summed E-state index contributed by atoms with van der Waals surface area (Å²) in [4.78, 5) is 25.2. The van der Waals surface area contributed by atoms with Gasteiger partial charge in [-0.05, 0) is 12.5 Å². The summed E-state index contributed by atoms with van der Waals surface area (Å²) in [5.41, 5.74) is -0.990. The molecule has 0 radical (unpaired) electrons. The molecule has 0 N–H and O–H groups in total. The first-order chi connectivity index (χ1) is 15.5. The monoisotopic (exact) mass is 447 g/mol. The van der Waals surface area contributed by atoms with E-state index < -0.39 is 17.5 Å². The van der Waals surface area contributed by atoms with E-state index in [0.717, 1.165) is 18.4 Å². The van der Waals surface area contributed by atoms with E-state index in [1.807, 2.05) is 29.3 Å². The fraction of sp³-hybridized carbons (Fsp3) is 0.667. The molecule has 1 aromatic rings. The molecule has 1 atom stereocenters. The normalized spacial score (nSPS) is 17.1. The predicted molar refractivity (Wildman–Crippen MR) is 121 cm³/mol. The van der Waals surface area contributed by atoms with Crippen LogP contribution < -0.4 is 4.74 Å². The number of carbonyl (C=O) groups excluding carboxylic acids is 2. The van der Waals surface area contributed by atoms with E-state index >= 15 is 0 Å². The van der Waals surface area contributed by atoms with Crippen LogP contribution in [0.1, 0.15) is 76.3 Å². The van der Waals surface area contributed by atoms with Gasteiger partial charge in [0.1, 0.15) is 5.75 Å². The van der Waals surface area contributed by atoms with Crippen LogP contribution in [0, 0.1) is 0 Å². The van der Waals surface area contributed by atoms with E-state index in [0.29, 0.717) is 12.3 Å². The average Bonchev–Trinajstić information content (AvgIpc) is 2.84. The van der Waals surface area contributed by atoms with Crippen LogP contribution in [0.4, 0.5) is 0 Å². The Morgan fingerprint density at radius 1 is 0.969 bits per heavy atom. The molecule has 0 spiro atoms. The Morgan fingerprint density at radius 2 is 1.56 bits per heavy atom. The van der Waals surface area contributed by atoms with Gasteiger partial charge in [0.2, 0.25) is 0 Å². The number of unbranched alkanes of at least 4 members (excludes halogenated alkanes) is 7. The van der Waals surface area contributed by atoms with Crippen LogP contribution in [0.5, 0.6) is 5.75 Å². The fourth-order valence-corrected chi connectivity index (χ4v) is 4.11. The van der Waals surface area contributed by atoms with Gasteiger partial charge in [-0.3, -0.25) is 5.01 Å². The topological polar surface area (TPSA) is 89.8 Å². The van der Waals surface area contributed by atoms with Crippen molar-refractivity contribution in [1.82, 2.24) is 5.01 Å². The van der Waals surface area contributed by atoms with Crippen LogP contribution in [0.25, 0.3) is 0 Å². The summed E-state index contributed by atoms with van der Waals surface area (Å²) in [6.07, 6.45) is 9.66. The molecule has 2 rings (SSSR count). The number of hydrogen-bond donors (Lipinski definition) is 0. The van der Waals surface area contributed by atoms with Crippen molar-refractivity contribution in [2.75, 3.05) is 27.9 Å². The third-order valence-corrected chi connectivity index (χ3v) is 5.96. The van der Waals surface area contributed by atoms with Gasteiger partial charge in [-0.2, -0.15) is 0 Å². The maximum absolute atomic E-state index is 12.6. The highest BCUT2D eigenvalue weighted by Gasteiger charge is 2.54. The lowest BCUT2D eigenvalue weighted by atomic mass is 9.87. The number of esters is 2. The molecule has 178 valence electrons. The van der Waals surface area contributed by atoms with E-state index in [9.17, 15) is 9.59 Å². The van der Waals surface area contributed by atoms with Gasteiger partial charge in [0, 0.05) is 18.5 Å². The lowest BCUT2D eigenvalue weighted by Crippen LogP contribution is -2.51. The van der Waals surface area contributed by atoms with Crippen LogP contribution in [-0.4, -0.2) is 50.4 Å². The molecule has 1 heterocycles. The molecule has 0 fully saturated rings. The van der Waals surface area contributed by atoms with Crippen molar-refractivity contribution in [3.05, 3.63) is 29.8 Å². The number of ether oxygens (including phenoxy) is 3. The molecular formula is C24H37N3O5. The SMILES string of the molecule is CCCCCCCCCCN1N=NC(C(=O)OC)(C(=O)OC)CC1c1ccccc1OC. The van der Waals surface area contributed by atoms with Crippen LogP contribution in [-0.2, 0) is 19.1 Å². The zero-order valence-electron chi connectivity index (χ0n) is 19.8. The lowest BCUT2D eigenvalue weighted by molar-refractivity contribution is -0.164. The second-order valence-electron chi connectivity index (χ2n) is 8.13. The minimum Gasteiger partial charge on any atom is -0.496 e. The summed E-state index contributed by atoms with van der Waals surface area (Å²) in [5, 5.41) is 10.3. The van der Waals surface area contributed by atoms with Gasteiger partial charge >= 0.3 is 11.9 Å². The molecule has 1 aliphatic rings. The van der Waals surface area contributed by atoms with Gasteiger partial charge in [0.15, 0.2) is 0 Å². The first-order valence-electron chi connectivity index (χ1n) is 11.5. The average molecular weight is 448 g/mol. The number of carbonyl (C=O) groups is 2. The zero-order valence-corrected chi connectivity index (χ0v) is 19.8. The van der Waals surface area contributed by atoms with Crippen LogP contribution in [0.15, 0.2) is 34.6 Å². The number of nitrogens with zero attached hydrogens (tertiary/aromatic N) is 3. The minimum atomic E-state index is -1.83. The van der Waals surface area contributed by atoms with Gasteiger partial charge in [-0.25, -0.2) is 9.59 Å². The molecule has 1 aliphatic heterocycles. The maximum Gasteiger partial charge on any atom is 0.347 e. The first-order valence-corrected chi connectivity index (χ1v) is 11.5. The van der Waals surface area contributed by atoms with Crippen LogP contribution in [0.2, 0.25) is 0 Å². The molecular weight excluding hydrogens is 410 g/mol. The molecule has 1 unspecified atom stereocenters. The Bertz CT molecular complexity index is 752. The van der Waals surface area contributed by atoms with Crippen molar-refractivity contribution < 1.29 is 23.8 Å². The maximum atomic E-state index is 12.6. The molecule has 0 aromatic heterocycles. The number of para-hydroxylation sites is 1. The summed E-state index contributed by atoms with van der Waals surface area (Å²) in [6.45, 7) is 2.89. The van der Waals surface area contributed by atoms with E-state index in [4.69, 9.17) is 14.2 Å². The molecule has 8 nitrogen and oxygen atoms in total. The predicted octanol–water partition coefficient (Wildman–Crippen LogP) is 5.03. The number of benzene rings is 1. The van der Waals surface area contributed by atoms with Crippen LogP contribution in [0.3, 0.4) is 0 Å². The highest BCUT2D eigenvalue weighted by Crippen LogP contribution is 2.41. The second-order valence-corrected chi connectivity index (χ2v) is 8.13. The molecule has 1 aromatic carbocycles. The summed E-state index contributed by atoms with van der Waals surface area (Å²) in [7, 11) is 4.06. The molecule has 0 bridgehead atoms. The third-order valence-electron chi connectivity index (χ3n) is 5.96. The Kier molecular flexibility index (Phi) is 10.4. The van der Waals surface area contributed by atoms with E-state index in [-0.39, 0.29) is 12.5 Å². The van der Waals surface area contributed by atoms with Crippen molar-refractivity contribution in [3.63, 3.8) is 0 Å². The smallest absolute Gasteiger partial charge is 0.347 e. The molecule has 32 heavy (non-hydrogen) atoms. The van der Waals surface area contributed by atoms with E-state index in [2.05, 4.69) is 17.3 Å². The Hall–Kier alpha value is -2.64. The van der Waals surface area contributed by atoms with Gasteiger partial charge in [0.25, 0.3) is 5.54 Å². The van der Waals surface area contributed by atoms with Crippen molar-refractivity contribution in [3.8, 4) is 5.75 Å². The Morgan fingerprint density at radius 3 is 2.16 bits per heavy atom. The summed E-state index contributed by atoms with van der Waals surface area (Å²) in [5.74, 6) is -0.890. The quantitative estimate of drug-likeness (QED) is 0.239. The lowest BCUT2D eigenvalue weighted by Gasteiger charge is -2.38. The molecule has 0 aliphatic carbocycles. The summed E-state index contributed by atoms with van der Waals surface area (Å²) >= 11 is 0. The Balaban J connectivity index is 2.19. The highest BCUT2D eigenvalue weighted by atomic mass is 16.5. The summed E-state index contributed by atoms with van der Waals surface area (Å²) in [6, 6.07) is 7.17. The number of rotatable bonds is 13. The van der Waals surface area contributed by atoms with Crippen molar-refractivity contribution in [1.29, 1.82) is 0 Å². The molecule has 0 saturated heterocycles. The summed E-state index contributed by atoms with van der Waals surface area (Å²) < 4.78 is 15.4. The number of hydrogen-bond acceptors (Lipinski definition) is 8. The largest absolute Gasteiger partial charge is 0.496 e. The molecule has 8 heteroatoms. The van der Waals surface area contributed by atoms with Crippen molar-refractivity contribution in [2.24, 2.45) is 10.3 Å². The minimum absolute atomic E-state index is 0.0627. The van der Waals surface area contributed by atoms with E-state index in [1.165, 1.54) is 52.7 Å². The van der Waals surface area contributed by atoms with Gasteiger partial charge in [-0.15, -0.1) is 5.11 Å². The van der Waals surface area contributed by atoms with Gasteiger partial charge < -0.3 is 14.2 Å². The molecule has 0 saturated carbocycles. The standard InChI is InChI=1S/C24H37N3O5/c1-5-6-7-8-9-10-11-14-17-27-20(19-15-12-13-16-21(19)30-2)18-24(25-26-27,22(28)31-3)23(29)32-4/h12-13,15-16,20H,5-11,14,17-18H2,1-4H3. The fourth-order valence-electron chi connectivity index (χ4n) is 4.11. The first kappa shape index (κ1) is 25.6. The van der Waals surface area contributed by atoms with Crippen LogP contribution >= 0.6 is 0 Å². The number of methoxy groups -OCH3 is 3. The zero-order chi connectivity index (χ0) is 23.4. The van der Waals surface area contributed by atoms with Crippen molar-refractivity contribution in [2.45, 2.75) is 76.3 Å². The third kappa shape index (κ3) is 6.20. The molecule has 0 amide bonds.